The van der Waals surface area contributed by atoms with Crippen molar-refractivity contribution in [2.45, 2.75) is 20.3 Å². The molecule has 3 rings (SSSR count). The highest BCUT2D eigenvalue weighted by Gasteiger charge is 2.20. The van der Waals surface area contributed by atoms with Crippen molar-refractivity contribution in [3.63, 3.8) is 0 Å². The number of carbonyl (C=O) groups is 2. The Hall–Kier alpha value is -2.68. The van der Waals surface area contributed by atoms with Crippen LogP contribution in [0.4, 0.5) is 5.69 Å². The summed E-state index contributed by atoms with van der Waals surface area (Å²) in [5.74, 6) is -0.610. The molecule has 0 aliphatic heterocycles. The van der Waals surface area contributed by atoms with Crippen molar-refractivity contribution < 1.29 is 14.3 Å². The third kappa shape index (κ3) is 5.56. The van der Waals surface area contributed by atoms with E-state index in [-0.39, 0.29) is 12.3 Å². The van der Waals surface area contributed by atoms with Gasteiger partial charge in [0, 0.05) is 28.9 Å². The number of anilines is 1. The lowest BCUT2D eigenvalue weighted by Gasteiger charge is -2.15. The Kier molecular flexibility index (Phi) is 8.06. The zero-order valence-corrected chi connectivity index (χ0v) is 20.3. The van der Waals surface area contributed by atoms with Gasteiger partial charge in [0.05, 0.1) is 17.3 Å². The number of pyridine rings is 1. The molecule has 0 aliphatic rings. The van der Waals surface area contributed by atoms with Gasteiger partial charge in [-0.05, 0) is 65.2 Å². The van der Waals surface area contributed by atoms with E-state index in [9.17, 15) is 9.59 Å². The lowest BCUT2D eigenvalue weighted by atomic mass is 10.0. The largest absolute Gasteiger partial charge is 0.463 e. The number of amides is 1. The Labute approximate surface area is 203 Å². The van der Waals surface area contributed by atoms with Crippen LogP contribution >= 0.6 is 39.1 Å². The molecular formula is C22H19BrCl2N4O3. The van der Waals surface area contributed by atoms with Gasteiger partial charge in [0.2, 0.25) is 0 Å². The molecule has 0 bridgehead atoms. The molecule has 0 unspecified atom stereocenters. The van der Waals surface area contributed by atoms with Crippen LogP contribution in [0.2, 0.25) is 10.0 Å². The molecule has 10 heteroatoms. The number of ether oxygens (including phenoxy) is 1. The molecule has 7 nitrogen and oxygen atoms in total. The van der Waals surface area contributed by atoms with Crippen molar-refractivity contribution in [1.29, 1.82) is 0 Å². The third-order valence-corrected chi connectivity index (χ3v) is 5.27. The van der Waals surface area contributed by atoms with E-state index in [0.717, 1.165) is 5.56 Å². The van der Waals surface area contributed by atoms with Crippen LogP contribution in [-0.4, -0.2) is 33.2 Å². The molecular weight excluding hydrogens is 519 g/mol. The maximum absolute atomic E-state index is 13.3. The lowest BCUT2D eigenvalue weighted by molar-refractivity contribution is -0.137. The molecule has 0 spiro atoms. The number of rotatable bonds is 7. The number of nitrogens with one attached hydrogen (secondary N) is 1. The highest BCUT2D eigenvalue weighted by atomic mass is 79.9. The summed E-state index contributed by atoms with van der Waals surface area (Å²) >= 11 is 15.8. The number of hydrogen-bond acceptors (Lipinski definition) is 5. The second-order valence-corrected chi connectivity index (χ2v) is 8.15. The first kappa shape index (κ1) is 24.0. The Morgan fingerprint density at radius 3 is 2.72 bits per heavy atom. The quantitative estimate of drug-likeness (QED) is 0.307. The first-order valence-electron chi connectivity index (χ1n) is 9.69. The predicted octanol–water partition coefficient (Wildman–Crippen LogP) is 5.73. The monoisotopic (exact) mass is 536 g/mol. The molecule has 1 N–H and O–H groups in total. The van der Waals surface area contributed by atoms with Crippen LogP contribution in [0.25, 0.3) is 11.9 Å². The highest BCUT2D eigenvalue weighted by Crippen LogP contribution is 2.29. The Morgan fingerprint density at radius 2 is 2.03 bits per heavy atom. The van der Waals surface area contributed by atoms with E-state index >= 15 is 0 Å². The van der Waals surface area contributed by atoms with E-state index in [2.05, 4.69) is 31.3 Å². The van der Waals surface area contributed by atoms with Gasteiger partial charge >= 0.3 is 5.97 Å². The van der Waals surface area contributed by atoms with Gasteiger partial charge in [0.1, 0.15) is 10.3 Å². The summed E-state index contributed by atoms with van der Waals surface area (Å²) in [4.78, 5) is 29.3. The second-order valence-electron chi connectivity index (χ2n) is 6.50. The molecule has 166 valence electrons. The second kappa shape index (κ2) is 10.8. The van der Waals surface area contributed by atoms with Gasteiger partial charge in [-0.3, -0.25) is 4.79 Å². The third-order valence-electron chi connectivity index (χ3n) is 4.37. The van der Waals surface area contributed by atoms with Crippen LogP contribution in [0.1, 0.15) is 35.5 Å². The minimum absolute atomic E-state index is 0.217. The number of carbonyl (C=O) groups excluding carboxylic acids is 2. The van der Waals surface area contributed by atoms with Crippen LogP contribution < -0.4 is 5.32 Å². The van der Waals surface area contributed by atoms with Gasteiger partial charge in [-0.1, -0.05) is 30.1 Å². The molecule has 0 atom stereocenters. The number of esters is 1. The summed E-state index contributed by atoms with van der Waals surface area (Å²) in [5, 5.41) is 8.04. The van der Waals surface area contributed by atoms with Gasteiger partial charge in [0.15, 0.2) is 5.82 Å². The number of benzene rings is 1. The minimum Gasteiger partial charge on any atom is -0.463 e. The van der Waals surface area contributed by atoms with Gasteiger partial charge < -0.3 is 10.1 Å². The molecule has 0 aliphatic carbocycles. The first-order valence-corrected chi connectivity index (χ1v) is 11.2. The molecule has 0 saturated carbocycles. The van der Waals surface area contributed by atoms with E-state index in [4.69, 9.17) is 27.9 Å². The maximum Gasteiger partial charge on any atom is 0.330 e. The maximum atomic E-state index is 13.3. The number of nitrogens with zero attached hydrogens (tertiary/aromatic N) is 3. The highest BCUT2D eigenvalue weighted by molar-refractivity contribution is 9.10. The van der Waals surface area contributed by atoms with Crippen molar-refractivity contribution >= 4 is 62.8 Å². The summed E-state index contributed by atoms with van der Waals surface area (Å²) < 4.78 is 6.74. The van der Waals surface area contributed by atoms with E-state index in [0.29, 0.717) is 38.1 Å². The molecule has 0 fully saturated rings. The average molecular weight is 538 g/mol. The summed E-state index contributed by atoms with van der Waals surface area (Å²) in [5.41, 5.74) is 2.11. The van der Waals surface area contributed by atoms with Gasteiger partial charge in [-0.25, -0.2) is 14.5 Å². The fourth-order valence-electron chi connectivity index (χ4n) is 2.98. The van der Waals surface area contributed by atoms with E-state index in [1.165, 1.54) is 10.8 Å². The number of aromatic nitrogens is 3. The Balaban J connectivity index is 2.02. The Morgan fingerprint density at radius 1 is 1.25 bits per heavy atom. The predicted molar refractivity (Wildman–Crippen MR) is 129 cm³/mol. The minimum atomic E-state index is -0.491. The number of aryl methyl sites for hydroxylation is 1. The average Bonchev–Trinajstić information content (AvgIpc) is 3.15. The lowest BCUT2D eigenvalue weighted by Crippen LogP contribution is -2.19. The fourth-order valence-corrected chi connectivity index (χ4v) is 3.81. The summed E-state index contributed by atoms with van der Waals surface area (Å²) in [7, 11) is 0. The van der Waals surface area contributed by atoms with Gasteiger partial charge in [-0.2, -0.15) is 5.10 Å². The van der Waals surface area contributed by atoms with Crippen molar-refractivity contribution in [3.05, 3.63) is 74.1 Å². The van der Waals surface area contributed by atoms with E-state index < -0.39 is 11.9 Å². The van der Waals surface area contributed by atoms with Gasteiger partial charge in [-0.15, -0.1) is 0 Å². The topological polar surface area (TPSA) is 86.1 Å². The van der Waals surface area contributed by atoms with E-state index in [1.54, 1.807) is 49.5 Å². The normalized spacial score (nSPS) is 11.0. The zero-order chi connectivity index (χ0) is 23.3. The van der Waals surface area contributed by atoms with Crippen molar-refractivity contribution in [1.82, 2.24) is 14.8 Å². The number of halogens is 3. The smallest absolute Gasteiger partial charge is 0.330 e. The van der Waals surface area contributed by atoms with Crippen molar-refractivity contribution in [2.75, 3.05) is 11.9 Å². The van der Waals surface area contributed by atoms with Crippen LogP contribution in [-0.2, 0) is 16.0 Å². The molecule has 0 radical (unpaired) electrons. The van der Waals surface area contributed by atoms with Crippen molar-refractivity contribution in [2.24, 2.45) is 0 Å². The van der Waals surface area contributed by atoms with E-state index in [1.807, 2.05) is 6.92 Å². The summed E-state index contributed by atoms with van der Waals surface area (Å²) in [6.07, 6.45) is 5.01. The molecule has 1 amide bonds. The van der Waals surface area contributed by atoms with Crippen LogP contribution in [0.15, 0.2) is 47.2 Å². The number of hydrogen-bond donors (Lipinski definition) is 1. The van der Waals surface area contributed by atoms with Crippen LogP contribution in [0.3, 0.4) is 0 Å². The standard InChI is InChI=1S/C22H19BrCl2N4O3/c1-3-13-10-15(24)11-14(7-8-19(30)32-4-2)20(13)27-22(31)17-12-18(23)28-29(17)21-16(25)6-5-9-26-21/h5-12H,3-4H2,1-2H3,(H,27,31)/b8-7+. The summed E-state index contributed by atoms with van der Waals surface area (Å²) in [6.45, 7) is 3.92. The first-order chi connectivity index (χ1) is 15.3. The Bertz CT molecular complexity index is 1190. The van der Waals surface area contributed by atoms with Gasteiger partial charge in [0.25, 0.3) is 5.91 Å². The summed E-state index contributed by atoms with van der Waals surface area (Å²) in [6, 6.07) is 8.34. The molecule has 2 aromatic heterocycles. The molecule has 2 heterocycles. The SMILES string of the molecule is CCOC(=O)/C=C/c1cc(Cl)cc(CC)c1NC(=O)c1cc(Br)nn1-c1ncccc1Cl. The zero-order valence-electron chi connectivity index (χ0n) is 17.2. The van der Waals surface area contributed by atoms with Crippen molar-refractivity contribution in [3.8, 4) is 5.82 Å². The molecule has 32 heavy (non-hydrogen) atoms. The van der Waals surface area contributed by atoms with Crippen LogP contribution in [0.5, 0.6) is 0 Å². The molecule has 3 aromatic rings. The fraction of sp³-hybridized carbons (Fsp3) is 0.182. The van der Waals surface area contributed by atoms with Crippen LogP contribution in [0, 0.1) is 0 Å². The molecule has 0 saturated heterocycles. The molecule has 1 aromatic carbocycles.